The molecule has 2 fully saturated rings. The summed E-state index contributed by atoms with van der Waals surface area (Å²) < 4.78 is 5.43. The summed E-state index contributed by atoms with van der Waals surface area (Å²) in [5, 5.41) is 6.30. The van der Waals surface area contributed by atoms with E-state index in [1.807, 2.05) is 18.2 Å². The van der Waals surface area contributed by atoms with E-state index in [9.17, 15) is 9.59 Å². The molecule has 4 rings (SSSR count). The normalized spacial score (nSPS) is 21.0. The van der Waals surface area contributed by atoms with Gasteiger partial charge in [-0.05, 0) is 37.8 Å². The molecular formula is C24H28ClN3O3. The predicted octanol–water partition coefficient (Wildman–Crippen LogP) is 4.09. The van der Waals surface area contributed by atoms with Crippen molar-refractivity contribution in [3.63, 3.8) is 0 Å². The number of nitrogens with zero attached hydrogens (tertiary/aromatic N) is 1. The van der Waals surface area contributed by atoms with E-state index < -0.39 is 0 Å². The first-order chi connectivity index (χ1) is 15.0. The van der Waals surface area contributed by atoms with Gasteiger partial charge in [-0.2, -0.15) is 0 Å². The zero-order chi connectivity index (χ0) is 22.0. The molecular weight excluding hydrogens is 414 g/mol. The van der Waals surface area contributed by atoms with Gasteiger partial charge in [0, 0.05) is 37.2 Å². The van der Waals surface area contributed by atoms with Crippen molar-refractivity contribution in [2.75, 3.05) is 19.0 Å². The molecule has 2 aromatic carbocycles. The second kappa shape index (κ2) is 9.28. The monoisotopic (exact) mass is 441 g/mol. The van der Waals surface area contributed by atoms with Crippen molar-refractivity contribution in [2.24, 2.45) is 5.92 Å². The number of likely N-dealkylation sites (tertiary alicyclic amines) is 1. The van der Waals surface area contributed by atoms with Gasteiger partial charge in [0.15, 0.2) is 0 Å². The molecule has 6 nitrogen and oxygen atoms in total. The van der Waals surface area contributed by atoms with E-state index in [1.54, 1.807) is 12.1 Å². The lowest BCUT2D eigenvalue weighted by molar-refractivity contribution is -0.117. The van der Waals surface area contributed by atoms with Gasteiger partial charge in [-0.25, -0.2) is 0 Å². The summed E-state index contributed by atoms with van der Waals surface area (Å²) in [6.45, 7) is 3.92. The highest BCUT2D eigenvalue weighted by molar-refractivity contribution is 6.34. The SMILES string of the molecule is COc1cc(NC(=O)C2CC2)c(Cl)cc1C(=O)N[C@@H]1CCN(Cc2ccccc2)[C@@H]1C. The lowest BCUT2D eigenvalue weighted by Crippen LogP contribution is -2.43. The molecule has 1 heterocycles. The first-order valence-electron chi connectivity index (χ1n) is 10.7. The molecule has 0 spiro atoms. The Morgan fingerprint density at radius 3 is 2.58 bits per heavy atom. The number of hydrogen-bond acceptors (Lipinski definition) is 4. The number of benzene rings is 2. The van der Waals surface area contributed by atoms with Gasteiger partial charge in [-0.15, -0.1) is 0 Å². The Bertz CT molecular complexity index is 962. The molecule has 2 aliphatic rings. The minimum absolute atomic E-state index is 0.0361. The van der Waals surface area contributed by atoms with Crippen molar-refractivity contribution in [3.8, 4) is 5.75 Å². The summed E-state index contributed by atoms with van der Waals surface area (Å²) in [5.74, 6) is 0.184. The van der Waals surface area contributed by atoms with Gasteiger partial charge in [0.1, 0.15) is 5.75 Å². The zero-order valence-electron chi connectivity index (χ0n) is 17.9. The fourth-order valence-electron chi connectivity index (χ4n) is 4.06. The van der Waals surface area contributed by atoms with Gasteiger partial charge >= 0.3 is 0 Å². The van der Waals surface area contributed by atoms with Crippen LogP contribution in [0.15, 0.2) is 42.5 Å². The van der Waals surface area contributed by atoms with Crippen molar-refractivity contribution >= 4 is 29.1 Å². The maximum absolute atomic E-state index is 13.0. The summed E-state index contributed by atoms with van der Waals surface area (Å²) in [6, 6.07) is 13.8. The van der Waals surface area contributed by atoms with Crippen LogP contribution in [0.3, 0.4) is 0 Å². The Morgan fingerprint density at radius 2 is 1.90 bits per heavy atom. The second-order valence-electron chi connectivity index (χ2n) is 8.36. The van der Waals surface area contributed by atoms with E-state index >= 15 is 0 Å². The van der Waals surface area contributed by atoms with Crippen molar-refractivity contribution in [1.29, 1.82) is 0 Å². The highest BCUT2D eigenvalue weighted by Crippen LogP contribution is 2.35. The minimum Gasteiger partial charge on any atom is -0.496 e. The average molecular weight is 442 g/mol. The highest BCUT2D eigenvalue weighted by atomic mass is 35.5. The number of methoxy groups -OCH3 is 1. The molecule has 0 aromatic heterocycles. The van der Waals surface area contributed by atoms with Crippen LogP contribution in [0.25, 0.3) is 0 Å². The molecule has 2 amide bonds. The van der Waals surface area contributed by atoms with E-state index in [-0.39, 0.29) is 29.8 Å². The van der Waals surface area contributed by atoms with Crippen LogP contribution < -0.4 is 15.4 Å². The van der Waals surface area contributed by atoms with Gasteiger partial charge in [-0.1, -0.05) is 41.9 Å². The standard InChI is InChI=1S/C24H28ClN3O3/c1-15-20(10-11-28(15)14-16-6-4-3-5-7-16)26-24(30)18-12-19(25)21(13-22(18)31-2)27-23(29)17-8-9-17/h3-7,12-13,15,17,20H,8-11,14H2,1-2H3,(H,26,30)(H,27,29)/t15-,20-/m1/s1. The lowest BCUT2D eigenvalue weighted by Gasteiger charge is -2.25. The third-order valence-electron chi connectivity index (χ3n) is 6.17. The largest absolute Gasteiger partial charge is 0.496 e. The van der Waals surface area contributed by atoms with Gasteiger partial charge in [0.05, 0.1) is 23.4 Å². The number of halogens is 1. The topological polar surface area (TPSA) is 70.7 Å². The quantitative estimate of drug-likeness (QED) is 0.678. The molecule has 0 radical (unpaired) electrons. The molecule has 0 bridgehead atoms. The minimum atomic E-state index is -0.225. The molecule has 2 aromatic rings. The van der Waals surface area contributed by atoms with Crippen LogP contribution in [-0.2, 0) is 11.3 Å². The van der Waals surface area contributed by atoms with Gasteiger partial charge in [0.25, 0.3) is 5.91 Å². The number of ether oxygens (including phenoxy) is 1. The Morgan fingerprint density at radius 1 is 1.16 bits per heavy atom. The third-order valence-corrected chi connectivity index (χ3v) is 6.48. The molecule has 1 aliphatic heterocycles. The maximum atomic E-state index is 13.0. The second-order valence-corrected chi connectivity index (χ2v) is 8.77. The average Bonchev–Trinajstić information content (AvgIpc) is 3.57. The number of carbonyl (C=O) groups is 2. The van der Waals surface area contributed by atoms with Crippen LogP contribution in [0.1, 0.15) is 42.1 Å². The zero-order valence-corrected chi connectivity index (χ0v) is 18.6. The van der Waals surface area contributed by atoms with E-state index in [2.05, 4.69) is 34.6 Å². The number of rotatable bonds is 7. The third kappa shape index (κ3) is 5.02. The number of carbonyl (C=O) groups excluding carboxylic acids is 2. The van der Waals surface area contributed by atoms with E-state index in [4.69, 9.17) is 16.3 Å². The van der Waals surface area contributed by atoms with Gasteiger partial charge in [0.2, 0.25) is 5.91 Å². The van der Waals surface area contributed by atoms with Gasteiger partial charge in [-0.3, -0.25) is 14.5 Å². The fraction of sp³-hybridized carbons (Fsp3) is 0.417. The molecule has 164 valence electrons. The lowest BCUT2D eigenvalue weighted by atomic mass is 10.1. The van der Waals surface area contributed by atoms with E-state index in [0.717, 1.165) is 32.4 Å². The van der Waals surface area contributed by atoms with Crippen LogP contribution in [0.2, 0.25) is 5.02 Å². The predicted molar refractivity (Wildman–Crippen MR) is 122 cm³/mol. The molecule has 7 heteroatoms. The van der Waals surface area contributed by atoms with Gasteiger partial charge < -0.3 is 15.4 Å². The Kier molecular flexibility index (Phi) is 6.49. The van der Waals surface area contributed by atoms with Crippen LogP contribution in [0, 0.1) is 5.92 Å². The first kappa shape index (κ1) is 21.7. The highest BCUT2D eigenvalue weighted by Gasteiger charge is 2.33. The number of amides is 2. The number of anilines is 1. The van der Waals surface area contributed by atoms with Crippen LogP contribution in [0.4, 0.5) is 5.69 Å². The summed E-state index contributed by atoms with van der Waals surface area (Å²) in [7, 11) is 1.51. The summed E-state index contributed by atoms with van der Waals surface area (Å²) in [5.41, 5.74) is 2.10. The Balaban J connectivity index is 1.43. The molecule has 1 aliphatic carbocycles. The number of hydrogen-bond donors (Lipinski definition) is 2. The smallest absolute Gasteiger partial charge is 0.255 e. The van der Waals surface area contributed by atoms with Crippen LogP contribution in [-0.4, -0.2) is 42.5 Å². The fourth-order valence-corrected chi connectivity index (χ4v) is 4.27. The number of nitrogens with one attached hydrogen (secondary N) is 2. The van der Waals surface area contributed by atoms with Crippen molar-refractivity contribution < 1.29 is 14.3 Å². The van der Waals surface area contributed by atoms with Crippen molar-refractivity contribution in [2.45, 2.75) is 44.8 Å². The summed E-state index contributed by atoms with van der Waals surface area (Å²) in [6.07, 6.45) is 2.69. The van der Waals surface area contributed by atoms with Crippen LogP contribution >= 0.6 is 11.6 Å². The molecule has 2 atom stereocenters. The molecule has 1 saturated carbocycles. The molecule has 1 saturated heterocycles. The Labute approximate surface area is 187 Å². The van der Waals surface area contributed by atoms with Crippen LogP contribution in [0.5, 0.6) is 5.75 Å². The maximum Gasteiger partial charge on any atom is 0.255 e. The van der Waals surface area contributed by atoms with E-state index in [0.29, 0.717) is 22.0 Å². The summed E-state index contributed by atoms with van der Waals surface area (Å²) in [4.78, 5) is 27.5. The van der Waals surface area contributed by atoms with E-state index in [1.165, 1.54) is 12.7 Å². The first-order valence-corrected chi connectivity index (χ1v) is 11.1. The summed E-state index contributed by atoms with van der Waals surface area (Å²) >= 11 is 6.37. The molecule has 0 unspecified atom stereocenters. The molecule has 2 N–H and O–H groups in total. The van der Waals surface area contributed by atoms with Crippen molar-refractivity contribution in [3.05, 3.63) is 58.6 Å². The Hall–Kier alpha value is -2.57. The van der Waals surface area contributed by atoms with Crippen molar-refractivity contribution in [1.82, 2.24) is 10.2 Å². The molecule has 31 heavy (non-hydrogen) atoms.